The van der Waals surface area contributed by atoms with E-state index in [0.717, 1.165) is 27.0 Å². The molecule has 7 nitrogen and oxygen atoms in total. The van der Waals surface area contributed by atoms with Crippen LogP contribution >= 0.6 is 27.5 Å². The zero-order valence-electron chi connectivity index (χ0n) is 16.1. The van der Waals surface area contributed by atoms with Crippen LogP contribution in [0.5, 0.6) is 0 Å². The number of aliphatic hydroxyl groups is 1. The summed E-state index contributed by atoms with van der Waals surface area (Å²) in [5, 5.41) is 19.8. The first-order chi connectivity index (χ1) is 13.9. The van der Waals surface area contributed by atoms with Crippen LogP contribution in [0.25, 0.3) is 5.69 Å². The maximum Gasteiger partial charge on any atom is 0.227 e. The molecule has 0 aliphatic carbocycles. The van der Waals surface area contributed by atoms with Crippen molar-refractivity contribution in [3.8, 4) is 5.69 Å². The Morgan fingerprint density at radius 1 is 1.31 bits per heavy atom. The maximum atomic E-state index is 12.6. The van der Waals surface area contributed by atoms with Gasteiger partial charge in [0.25, 0.3) is 0 Å². The highest BCUT2D eigenvalue weighted by Crippen LogP contribution is 2.32. The van der Waals surface area contributed by atoms with Crippen LogP contribution in [0.15, 0.2) is 41.1 Å². The van der Waals surface area contributed by atoms with Crippen LogP contribution in [0.2, 0.25) is 0 Å². The Morgan fingerprint density at radius 3 is 2.93 bits per heavy atom. The smallest absolute Gasteiger partial charge is 0.227 e. The molecule has 1 amide bonds. The molecule has 1 aliphatic heterocycles. The fourth-order valence-electron chi connectivity index (χ4n) is 3.69. The van der Waals surface area contributed by atoms with Gasteiger partial charge in [0.2, 0.25) is 5.91 Å². The average molecular weight is 476 g/mol. The molecule has 29 heavy (non-hydrogen) atoms. The van der Waals surface area contributed by atoms with Crippen LogP contribution < -0.4 is 0 Å². The molecular weight excluding hydrogens is 454 g/mol. The van der Waals surface area contributed by atoms with E-state index in [1.807, 2.05) is 36.1 Å². The lowest BCUT2D eigenvalue weighted by molar-refractivity contribution is -0.130. The lowest BCUT2D eigenvalue weighted by Gasteiger charge is -2.24. The minimum Gasteiger partial charge on any atom is -0.383 e. The van der Waals surface area contributed by atoms with Gasteiger partial charge in [-0.15, -0.1) is 5.10 Å². The predicted molar refractivity (Wildman–Crippen MR) is 114 cm³/mol. The summed E-state index contributed by atoms with van der Waals surface area (Å²) in [6, 6.07) is 7.81. The Morgan fingerprint density at radius 2 is 2.17 bits per heavy atom. The number of carbonyl (C=O) groups excluding carboxylic acids is 1. The van der Waals surface area contributed by atoms with Gasteiger partial charge in [-0.05, 0) is 67.5 Å². The third kappa shape index (κ3) is 4.41. The van der Waals surface area contributed by atoms with E-state index < -0.39 is 5.60 Å². The number of amides is 1. The van der Waals surface area contributed by atoms with Gasteiger partial charge in [0.15, 0.2) is 0 Å². The molecule has 1 saturated heterocycles. The van der Waals surface area contributed by atoms with Crippen molar-refractivity contribution in [2.45, 2.75) is 38.2 Å². The third-order valence-corrected chi connectivity index (χ3v) is 6.59. The molecule has 0 radical (unpaired) electrons. The number of aromatic nitrogens is 4. The second kappa shape index (κ2) is 8.33. The minimum absolute atomic E-state index is 0.0765. The number of carbonyl (C=O) groups is 1. The molecule has 4 rings (SSSR count). The summed E-state index contributed by atoms with van der Waals surface area (Å²) < 4.78 is 6.76. The number of rotatable bonds is 4. The van der Waals surface area contributed by atoms with Crippen molar-refractivity contribution in [3.05, 3.63) is 57.3 Å². The fourth-order valence-corrected chi connectivity index (χ4v) is 4.73. The Balaban J connectivity index is 1.47. The van der Waals surface area contributed by atoms with E-state index in [4.69, 9.17) is 0 Å². The standard InChI is InChI=1S/C20H22BrN5O2S/c1-14-11-15(21)3-4-17(14)26-13-18(23-24-26)20(28)6-2-9-25(10-7-20)19(27)12-16-5-8-22-29-16/h3-5,8,11,13,28H,2,6-7,9-10,12H2,1H3. The summed E-state index contributed by atoms with van der Waals surface area (Å²) in [5.74, 6) is 0.0765. The van der Waals surface area contributed by atoms with E-state index in [1.54, 1.807) is 17.1 Å². The number of aryl methyl sites for hydroxylation is 1. The number of nitrogens with zero attached hydrogens (tertiary/aromatic N) is 5. The van der Waals surface area contributed by atoms with Gasteiger partial charge >= 0.3 is 0 Å². The van der Waals surface area contributed by atoms with Gasteiger partial charge in [-0.25, -0.2) is 9.06 Å². The van der Waals surface area contributed by atoms with Gasteiger partial charge in [-0.2, -0.15) is 0 Å². The maximum absolute atomic E-state index is 12.6. The quantitative estimate of drug-likeness (QED) is 0.625. The van der Waals surface area contributed by atoms with Gasteiger partial charge in [-0.1, -0.05) is 21.1 Å². The molecule has 0 saturated carbocycles. The molecule has 2 aromatic heterocycles. The Bertz CT molecular complexity index is 1010. The molecule has 1 unspecified atom stereocenters. The van der Waals surface area contributed by atoms with Crippen LogP contribution in [-0.4, -0.2) is 48.4 Å². The number of hydrogen-bond acceptors (Lipinski definition) is 6. The first-order valence-corrected chi connectivity index (χ1v) is 11.1. The molecule has 1 fully saturated rings. The van der Waals surface area contributed by atoms with Crippen molar-refractivity contribution >= 4 is 33.4 Å². The summed E-state index contributed by atoms with van der Waals surface area (Å²) in [5.41, 5.74) is 1.45. The van der Waals surface area contributed by atoms with E-state index >= 15 is 0 Å². The summed E-state index contributed by atoms with van der Waals surface area (Å²) in [4.78, 5) is 15.4. The van der Waals surface area contributed by atoms with E-state index in [2.05, 4.69) is 30.6 Å². The molecule has 1 N–H and O–H groups in total. The SMILES string of the molecule is Cc1cc(Br)ccc1-n1cc(C2(O)CCCN(C(=O)Cc3ccns3)CC2)nn1. The lowest BCUT2D eigenvalue weighted by atomic mass is 9.92. The summed E-state index contributed by atoms with van der Waals surface area (Å²) in [6.07, 6.45) is 5.59. The third-order valence-electron chi connectivity index (χ3n) is 5.36. The molecular formula is C20H22BrN5O2S. The van der Waals surface area contributed by atoms with Crippen LogP contribution in [0, 0.1) is 6.92 Å². The van der Waals surface area contributed by atoms with Gasteiger partial charge in [0.05, 0.1) is 18.3 Å². The summed E-state index contributed by atoms with van der Waals surface area (Å²) in [7, 11) is 0. The lowest BCUT2D eigenvalue weighted by Crippen LogP contribution is -2.34. The van der Waals surface area contributed by atoms with E-state index in [-0.39, 0.29) is 5.91 Å². The Hall–Kier alpha value is -2.10. The molecule has 3 aromatic rings. The van der Waals surface area contributed by atoms with Gasteiger partial charge in [-0.3, -0.25) is 4.79 Å². The van der Waals surface area contributed by atoms with Crippen molar-refractivity contribution in [1.82, 2.24) is 24.3 Å². The van der Waals surface area contributed by atoms with Gasteiger partial charge in [0, 0.05) is 28.6 Å². The average Bonchev–Trinajstić information content (AvgIpc) is 3.33. The normalized spacial score (nSPS) is 19.9. The van der Waals surface area contributed by atoms with E-state index in [1.165, 1.54) is 11.5 Å². The van der Waals surface area contributed by atoms with Crippen LogP contribution in [0.1, 0.15) is 35.4 Å². The highest BCUT2D eigenvalue weighted by atomic mass is 79.9. The number of likely N-dealkylation sites (tertiary alicyclic amines) is 1. The molecule has 3 heterocycles. The highest BCUT2D eigenvalue weighted by Gasteiger charge is 2.36. The van der Waals surface area contributed by atoms with Crippen molar-refractivity contribution in [2.24, 2.45) is 0 Å². The van der Waals surface area contributed by atoms with Crippen LogP contribution in [0.4, 0.5) is 0 Å². The van der Waals surface area contributed by atoms with E-state index in [9.17, 15) is 9.90 Å². The number of hydrogen-bond donors (Lipinski definition) is 1. The highest BCUT2D eigenvalue weighted by molar-refractivity contribution is 9.10. The summed E-state index contributed by atoms with van der Waals surface area (Å²) in [6.45, 7) is 3.15. The molecule has 0 spiro atoms. The Kier molecular flexibility index (Phi) is 5.80. The monoisotopic (exact) mass is 475 g/mol. The zero-order valence-corrected chi connectivity index (χ0v) is 18.5. The Labute approximate surface area is 181 Å². The van der Waals surface area contributed by atoms with Crippen molar-refractivity contribution in [2.75, 3.05) is 13.1 Å². The van der Waals surface area contributed by atoms with Gasteiger partial charge < -0.3 is 10.0 Å². The van der Waals surface area contributed by atoms with Gasteiger partial charge in [0.1, 0.15) is 11.3 Å². The van der Waals surface area contributed by atoms with Crippen molar-refractivity contribution in [1.29, 1.82) is 0 Å². The van der Waals surface area contributed by atoms with Crippen molar-refractivity contribution in [3.63, 3.8) is 0 Å². The largest absolute Gasteiger partial charge is 0.383 e. The molecule has 1 atom stereocenters. The molecule has 1 aromatic carbocycles. The number of benzene rings is 1. The second-order valence-corrected chi connectivity index (χ2v) is 9.23. The molecule has 152 valence electrons. The zero-order chi connectivity index (χ0) is 20.4. The second-order valence-electron chi connectivity index (χ2n) is 7.40. The van der Waals surface area contributed by atoms with Crippen LogP contribution in [0.3, 0.4) is 0 Å². The topological polar surface area (TPSA) is 84.1 Å². The molecule has 9 heteroatoms. The first-order valence-electron chi connectivity index (χ1n) is 9.54. The minimum atomic E-state index is -1.08. The first kappa shape index (κ1) is 20.2. The fraction of sp³-hybridized carbons (Fsp3) is 0.400. The summed E-state index contributed by atoms with van der Waals surface area (Å²) >= 11 is 4.82. The van der Waals surface area contributed by atoms with Crippen molar-refractivity contribution < 1.29 is 9.90 Å². The molecule has 1 aliphatic rings. The molecule has 0 bridgehead atoms. The predicted octanol–water partition coefficient (Wildman–Crippen LogP) is 3.24. The van der Waals surface area contributed by atoms with E-state index in [0.29, 0.717) is 38.0 Å². The number of halogens is 1. The van der Waals surface area contributed by atoms with Crippen LogP contribution in [-0.2, 0) is 16.8 Å².